The third-order valence-electron chi connectivity index (χ3n) is 8.44. The molecule has 36 heavy (non-hydrogen) atoms. The Morgan fingerprint density at radius 1 is 1.11 bits per heavy atom. The molecular weight excluding hydrogens is 456 g/mol. The predicted octanol–water partition coefficient (Wildman–Crippen LogP) is 5.35. The monoisotopic (exact) mass is 498 g/mol. The largest absolute Gasteiger partial charge is 0.508 e. The summed E-state index contributed by atoms with van der Waals surface area (Å²) in [5.41, 5.74) is 1.71. The summed E-state index contributed by atoms with van der Waals surface area (Å²) in [6.07, 6.45) is 6.98. The maximum atomic E-state index is 13.5. The number of hydrogen-bond donors (Lipinski definition) is 2. The van der Waals surface area contributed by atoms with Crippen LogP contribution in [0.2, 0.25) is 0 Å². The fourth-order valence-electron chi connectivity index (χ4n) is 6.54. The molecule has 4 rings (SSSR count). The zero-order valence-corrected chi connectivity index (χ0v) is 22.1. The first kappa shape index (κ1) is 26.7. The van der Waals surface area contributed by atoms with Gasteiger partial charge in [0.25, 0.3) is 0 Å². The summed E-state index contributed by atoms with van der Waals surface area (Å²) in [6.45, 7) is 8.35. The summed E-state index contributed by atoms with van der Waals surface area (Å²) in [6, 6.07) is 6.99. The van der Waals surface area contributed by atoms with Crippen molar-refractivity contribution in [2.75, 3.05) is 0 Å². The Bertz CT molecular complexity index is 964. The number of hydrogen-bond acceptors (Lipinski definition) is 6. The predicted molar refractivity (Wildman–Crippen MR) is 137 cm³/mol. The number of phenolic OH excluding ortho intramolecular Hbond substituents is 1. The second kappa shape index (κ2) is 11.0. The molecule has 1 saturated carbocycles. The van der Waals surface area contributed by atoms with E-state index in [1.165, 1.54) is 5.57 Å². The average molecular weight is 499 g/mol. The lowest BCUT2D eigenvalue weighted by Gasteiger charge is -2.46. The highest BCUT2D eigenvalue weighted by atomic mass is 16.6. The molecule has 6 heteroatoms. The van der Waals surface area contributed by atoms with E-state index in [4.69, 9.17) is 9.47 Å². The Morgan fingerprint density at radius 2 is 1.83 bits per heavy atom. The molecule has 1 aliphatic heterocycles. The molecule has 0 aromatic heterocycles. The van der Waals surface area contributed by atoms with E-state index in [0.29, 0.717) is 30.6 Å². The Labute approximate surface area is 215 Å². The first-order valence-electron chi connectivity index (χ1n) is 13.6. The number of carbonyl (C=O) groups excluding carboxylic acids is 2. The summed E-state index contributed by atoms with van der Waals surface area (Å²) >= 11 is 0. The molecule has 2 fully saturated rings. The van der Waals surface area contributed by atoms with E-state index < -0.39 is 11.5 Å². The molecule has 3 aliphatic rings. The van der Waals surface area contributed by atoms with Crippen LogP contribution in [0.4, 0.5) is 0 Å². The van der Waals surface area contributed by atoms with Crippen LogP contribution in [0.15, 0.2) is 35.9 Å². The van der Waals surface area contributed by atoms with Crippen LogP contribution in [-0.2, 0) is 25.5 Å². The van der Waals surface area contributed by atoms with Crippen molar-refractivity contribution in [3.05, 3.63) is 41.5 Å². The number of rotatable bonds is 7. The van der Waals surface area contributed by atoms with Gasteiger partial charge in [-0.25, -0.2) is 0 Å². The Balaban J connectivity index is 1.47. The number of esters is 2. The van der Waals surface area contributed by atoms with Crippen LogP contribution in [0.25, 0.3) is 0 Å². The smallest absolute Gasteiger partial charge is 0.312 e. The number of aliphatic hydroxyl groups is 1. The highest BCUT2D eigenvalue weighted by Gasteiger charge is 2.45. The van der Waals surface area contributed by atoms with E-state index in [0.717, 1.165) is 37.7 Å². The topological polar surface area (TPSA) is 93.1 Å². The molecule has 6 nitrogen and oxygen atoms in total. The van der Waals surface area contributed by atoms with Gasteiger partial charge in [-0.2, -0.15) is 0 Å². The van der Waals surface area contributed by atoms with Gasteiger partial charge >= 0.3 is 11.9 Å². The van der Waals surface area contributed by atoms with Crippen molar-refractivity contribution < 1.29 is 29.3 Å². The van der Waals surface area contributed by atoms with Gasteiger partial charge in [-0.05, 0) is 87.8 Å². The van der Waals surface area contributed by atoms with Crippen LogP contribution >= 0.6 is 0 Å². The van der Waals surface area contributed by atoms with Gasteiger partial charge in [0.05, 0.1) is 17.9 Å². The molecule has 0 spiro atoms. The maximum absolute atomic E-state index is 13.5. The summed E-state index contributed by atoms with van der Waals surface area (Å²) < 4.78 is 11.9. The normalized spacial score (nSPS) is 32.8. The SMILES string of the molecule is C[C@@H]1CC2=CC[C@H](C)[C@H](CC[C@@H]3C[C@@H](O)CC(=O)O3)[C@H]2[C@@H](OC(=O)C(C)(C)Cc2ccc(O)cc2)C1. The minimum absolute atomic E-state index is 0.0850. The first-order valence-corrected chi connectivity index (χ1v) is 13.6. The van der Waals surface area contributed by atoms with Crippen molar-refractivity contribution in [3.8, 4) is 5.75 Å². The van der Waals surface area contributed by atoms with Gasteiger partial charge in [-0.1, -0.05) is 37.6 Å². The number of cyclic esters (lactones) is 1. The fraction of sp³-hybridized carbons (Fsp3) is 0.667. The number of carbonyl (C=O) groups is 2. The second-order valence-corrected chi connectivity index (χ2v) is 12.2. The van der Waals surface area contributed by atoms with Crippen molar-refractivity contribution in [2.24, 2.45) is 29.1 Å². The lowest BCUT2D eigenvalue weighted by molar-refractivity contribution is -0.167. The third kappa shape index (κ3) is 6.31. The molecule has 0 unspecified atom stereocenters. The van der Waals surface area contributed by atoms with E-state index in [-0.39, 0.29) is 42.2 Å². The lowest BCUT2D eigenvalue weighted by atomic mass is 9.62. The molecule has 0 radical (unpaired) electrons. The highest BCUT2D eigenvalue weighted by Crippen LogP contribution is 2.48. The first-order chi connectivity index (χ1) is 17.0. The number of aromatic hydroxyl groups is 1. The summed E-state index contributed by atoms with van der Waals surface area (Å²) in [5, 5.41) is 19.6. The molecule has 0 amide bonds. The quantitative estimate of drug-likeness (QED) is 0.389. The molecule has 7 atom stereocenters. The number of aliphatic hydroxyl groups excluding tert-OH is 1. The number of fused-ring (bicyclic) bond motifs is 1. The van der Waals surface area contributed by atoms with Crippen LogP contribution in [-0.4, -0.2) is 40.5 Å². The molecule has 198 valence electrons. The Morgan fingerprint density at radius 3 is 2.53 bits per heavy atom. The van der Waals surface area contributed by atoms with Crippen molar-refractivity contribution in [2.45, 2.75) is 97.4 Å². The Hall–Kier alpha value is -2.34. The van der Waals surface area contributed by atoms with Gasteiger partial charge in [0.1, 0.15) is 18.0 Å². The zero-order valence-electron chi connectivity index (χ0n) is 22.1. The minimum Gasteiger partial charge on any atom is -0.508 e. The summed E-state index contributed by atoms with van der Waals surface area (Å²) in [7, 11) is 0. The molecule has 2 N–H and O–H groups in total. The minimum atomic E-state index is -0.691. The van der Waals surface area contributed by atoms with Crippen LogP contribution < -0.4 is 0 Å². The van der Waals surface area contributed by atoms with Gasteiger partial charge < -0.3 is 19.7 Å². The lowest BCUT2D eigenvalue weighted by Crippen LogP contribution is -2.45. The zero-order chi connectivity index (χ0) is 26.0. The highest BCUT2D eigenvalue weighted by molar-refractivity contribution is 5.76. The molecule has 2 aliphatic carbocycles. The van der Waals surface area contributed by atoms with Gasteiger partial charge in [0, 0.05) is 12.3 Å². The van der Waals surface area contributed by atoms with Gasteiger partial charge in [0.2, 0.25) is 0 Å². The van der Waals surface area contributed by atoms with E-state index in [1.54, 1.807) is 12.1 Å². The van der Waals surface area contributed by atoms with Crippen molar-refractivity contribution >= 4 is 11.9 Å². The molecule has 1 heterocycles. The molecule has 1 saturated heterocycles. The molecule has 0 bridgehead atoms. The van der Waals surface area contributed by atoms with Crippen molar-refractivity contribution in [1.29, 1.82) is 0 Å². The molecule has 1 aromatic carbocycles. The van der Waals surface area contributed by atoms with E-state index in [9.17, 15) is 19.8 Å². The van der Waals surface area contributed by atoms with Gasteiger partial charge in [0.15, 0.2) is 0 Å². The summed E-state index contributed by atoms with van der Waals surface area (Å²) in [5.74, 6) is 1.14. The number of phenols is 1. The van der Waals surface area contributed by atoms with Gasteiger partial charge in [-0.3, -0.25) is 9.59 Å². The van der Waals surface area contributed by atoms with Gasteiger partial charge in [-0.15, -0.1) is 0 Å². The molecular formula is C30H42O6. The molecule has 1 aromatic rings. The number of ether oxygens (including phenoxy) is 2. The van der Waals surface area contributed by atoms with Crippen molar-refractivity contribution in [3.63, 3.8) is 0 Å². The van der Waals surface area contributed by atoms with Crippen LogP contribution in [0.3, 0.4) is 0 Å². The maximum Gasteiger partial charge on any atom is 0.312 e. The second-order valence-electron chi connectivity index (χ2n) is 12.2. The average Bonchev–Trinajstić information content (AvgIpc) is 2.79. The van der Waals surface area contributed by atoms with Crippen LogP contribution in [0.1, 0.15) is 78.2 Å². The van der Waals surface area contributed by atoms with Crippen LogP contribution in [0, 0.1) is 29.1 Å². The van der Waals surface area contributed by atoms with Crippen LogP contribution in [0.5, 0.6) is 5.75 Å². The standard InChI is InChI=1S/C30H42O6/c1-18-13-21-8-5-19(2)25(12-11-24-15-23(32)16-27(33)35-24)28(21)26(14-18)36-29(34)30(3,4)17-20-6-9-22(31)10-7-20/h6-10,18-19,23-26,28,31-32H,5,11-17H2,1-4H3/t18-,19+,23-,24-,25+,26+,28+/m1/s1. The van der Waals surface area contributed by atoms with E-state index in [2.05, 4.69) is 19.9 Å². The third-order valence-corrected chi connectivity index (χ3v) is 8.44. The fourth-order valence-corrected chi connectivity index (χ4v) is 6.54. The van der Waals surface area contributed by atoms with Crippen molar-refractivity contribution in [1.82, 2.24) is 0 Å². The Kier molecular flexibility index (Phi) is 8.13. The van der Waals surface area contributed by atoms with E-state index in [1.807, 2.05) is 26.0 Å². The van der Waals surface area contributed by atoms with E-state index >= 15 is 0 Å². The number of benzene rings is 1. The number of allylic oxidation sites excluding steroid dienone is 1. The summed E-state index contributed by atoms with van der Waals surface area (Å²) in [4.78, 5) is 25.3.